The molecule has 1 aliphatic heterocycles. The predicted molar refractivity (Wildman–Crippen MR) is 95.4 cm³/mol. The van der Waals surface area contributed by atoms with Crippen LogP contribution in [0.25, 0.3) is 0 Å². The summed E-state index contributed by atoms with van der Waals surface area (Å²) in [5, 5.41) is 0.439. The molecule has 5 heteroatoms. The minimum absolute atomic E-state index is 0.230. The molecule has 1 aromatic carbocycles. The number of hydrogen-bond donors (Lipinski definition) is 0. The van der Waals surface area contributed by atoms with Crippen molar-refractivity contribution in [3.8, 4) is 0 Å². The van der Waals surface area contributed by atoms with E-state index in [1.165, 1.54) is 6.07 Å². The van der Waals surface area contributed by atoms with Gasteiger partial charge >= 0.3 is 0 Å². The van der Waals surface area contributed by atoms with Gasteiger partial charge in [-0.1, -0.05) is 23.7 Å². The largest absolute Gasteiger partial charge is 0.306 e. The number of pyridine rings is 1. The molecule has 0 amide bonds. The number of halogens is 2. The lowest BCUT2D eigenvalue weighted by Gasteiger charge is -2.37. The van der Waals surface area contributed by atoms with Crippen molar-refractivity contribution in [3.05, 3.63) is 64.7 Å². The van der Waals surface area contributed by atoms with E-state index in [0.717, 1.165) is 38.0 Å². The summed E-state index contributed by atoms with van der Waals surface area (Å²) in [5.74, 6) is -0.230. The van der Waals surface area contributed by atoms with Crippen LogP contribution in [0.5, 0.6) is 0 Å². The number of benzene rings is 1. The Morgan fingerprint density at radius 1 is 1.25 bits per heavy atom. The van der Waals surface area contributed by atoms with E-state index < -0.39 is 0 Å². The van der Waals surface area contributed by atoms with Crippen molar-refractivity contribution < 1.29 is 4.39 Å². The zero-order chi connectivity index (χ0) is 16.9. The van der Waals surface area contributed by atoms with Gasteiger partial charge in [-0.25, -0.2) is 4.39 Å². The van der Waals surface area contributed by atoms with Crippen LogP contribution in [0.15, 0.2) is 42.7 Å². The van der Waals surface area contributed by atoms with Crippen LogP contribution in [0.2, 0.25) is 5.02 Å². The molecule has 2 heterocycles. The van der Waals surface area contributed by atoms with E-state index in [2.05, 4.69) is 27.9 Å². The van der Waals surface area contributed by atoms with Gasteiger partial charge in [0.05, 0.1) is 0 Å². The average molecular weight is 348 g/mol. The second-order valence-corrected chi connectivity index (χ2v) is 6.97. The van der Waals surface area contributed by atoms with Gasteiger partial charge < -0.3 is 4.90 Å². The monoisotopic (exact) mass is 347 g/mol. The van der Waals surface area contributed by atoms with E-state index in [9.17, 15) is 4.39 Å². The van der Waals surface area contributed by atoms with Crippen molar-refractivity contribution in [1.29, 1.82) is 0 Å². The Hall–Kier alpha value is -1.49. The Morgan fingerprint density at radius 3 is 2.71 bits per heavy atom. The molecule has 128 valence electrons. The molecule has 24 heavy (non-hydrogen) atoms. The van der Waals surface area contributed by atoms with Crippen LogP contribution in [0.3, 0.4) is 0 Å². The Kier molecular flexibility index (Phi) is 5.82. The first-order chi connectivity index (χ1) is 11.6. The summed E-state index contributed by atoms with van der Waals surface area (Å²) in [7, 11) is 2.15. The molecule has 0 spiro atoms. The third-order valence-corrected chi connectivity index (χ3v) is 4.94. The molecule has 0 saturated carbocycles. The first-order valence-electron chi connectivity index (χ1n) is 8.37. The standard InChI is InChI=1S/C19H23ClFN3/c1-23-9-6-18(7-10-23)24(13-15-3-2-8-22-12-15)14-16-4-5-17(20)11-19(16)21/h2-5,8,11-12,18H,6-7,9-10,13-14H2,1H3. The second kappa shape index (κ2) is 8.06. The van der Waals surface area contributed by atoms with Gasteiger partial charge in [0.15, 0.2) is 0 Å². The van der Waals surface area contributed by atoms with E-state index in [1.807, 2.05) is 12.3 Å². The normalized spacial score (nSPS) is 16.7. The molecule has 0 radical (unpaired) electrons. The number of hydrogen-bond acceptors (Lipinski definition) is 3. The Labute approximate surface area is 148 Å². The van der Waals surface area contributed by atoms with Crippen molar-refractivity contribution in [2.75, 3.05) is 20.1 Å². The summed E-state index contributed by atoms with van der Waals surface area (Å²) in [6.45, 7) is 3.53. The van der Waals surface area contributed by atoms with Gasteiger partial charge in [0.25, 0.3) is 0 Å². The van der Waals surface area contributed by atoms with Crippen molar-refractivity contribution in [2.24, 2.45) is 0 Å². The zero-order valence-electron chi connectivity index (χ0n) is 14.0. The van der Waals surface area contributed by atoms with Crippen LogP contribution in [-0.2, 0) is 13.1 Å². The molecular formula is C19H23ClFN3. The zero-order valence-corrected chi connectivity index (χ0v) is 14.7. The molecule has 1 fully saturated rings. The highest BCUT2D eigenvalue weighted by Gasteiger charge is 2.24. The van der Waals surface area contributed by atoms with E-state index in [4.69, 9.17) is 11.6 Å². The maximum Gasteiger partial charge on any atom is 0.129 e. The Morgan fingerprint density at radius 2 is 2.04 bits per heavy atom. The predicted octanol–water partition coefficient (Wildman–Crippen LogP) is 3.97. The van der Waals surface area contributed by atoms with Gasteiger partial charge in [-0.3, -0.25) is 9.88 Å². The van der Waals surface area contributed by atoms with E-state index in [1.54, 1.807) is 18.3 Å². The number of rotatable bonds is 5. The molecular weight excluding hydrogens is 325 g/mol. The molecule has 0 bridgehead atoms. The highest BCUT2D eigenvalue weighted by Crippen LogP contribution is 2.23. The maximum atomic E-state index is 14.2. The van der Waals surface area contributed by atoms with Crippen LogP contribution < -0.4 is 0 Å². The lowest BCUT2D eigenvalue weighted by molar-refractivity contribution is 0.107. The van der Waals surface area contributed by atoms with Crippen molar-refractivity contribution in [1.82, 2.24) is 14.8 Å². The fourth-order valence-corrected chi connectivity index (χ4v) is 3.43. The van der Waals surface area contributed by atoms with Crippen molar-refractivity contribution in [3.63, 3.8) is 0 Å². The van der Waals surface area contributed by atoms with Gasteiger partial charge in [-0.2, -0.15) is 0 Å². The number of aromatic nitrogens is 1. The van der Waals surface area contributed by atoms with Gasteiger partial charge in [0.2, 0.25) is 0 Å². The molecule has 2 aromatic rings. The highest BCUT2D eigenvalue weighted by molar-refractivity contribution is 6.30. The average Bonchev–Trinajstić information content (AvgIpc) is 2.58. The highest BCUT2D eigenvalue weighted by atomic mass is 35.5. The number of piperidine rings is 1. The first-order valence-corrected chi connectivity index (χ1v) is 8.75. The molecule has 1 aliphatic rings. The Bertz CT molecular complexity index is 657. The van der Waals surface area contributed by atoms with E-state index >= 15 is 0 Å². The van der Waals surface area contributed by atoms with Crippen LogP contribution in [0, 0.1) is 5.82 Å². The first kappa shape index (κ1) is 17.3. The van der Waals surface area contributed by atoms with Gasteiger partial charge in [0, 0.05) is 42.1 Å². The number of likely N-dealkylation sites (tertiary alicyclic amines) is 1. The van der Waals surface area contributed by atoms with Crippen molar-refractivity contribution >= 4 is 11.6 Å². The minimum atomic E-state index is -0.230. The quantitative estimate of drug-likeness (QED) is 0.815. The Balaban J connectivity index is 1.78. The second-order valence-electron chi connectivity index (χ2n) is 6.54. The summed E-state index contributed by atoms with van der Waals surface area (Å²) in [6, 6.07) is 9.43. The van der Waals surface area contributed by atoms with Gasteiger partial charge in [0.1, 0.15) is 5.82 Å². The fourth-order valence-electron chi connectivity index (χ4n) is 3.27. The third kappa shape index (κ3) is 4.53. The molecule has 0 atom stereocenters. The van der Waals surface area contributed by atoms with Crippen LogP contribution >= 0.6 is 11.6 Å². The molecule has 0 aliphatic carbocycles. The minimum Gasteiger partial charge on any atom is -0.306 e. The summed E-state index contributed by atoms with van der Waals surface area (Å²) < 4.78 is 14.2. The third-order valence-electron chi connectivity index (χ3n) is 4.70. The van der Waals surface area contributed by atoms with Crippen molar-refractivity contribution in [2.45, 2.75) is 32.0 Å². The molecule has 3 nitrogen and oxygen atoms in total. The van der Waals surface area contributed by atoms with E-state index in [-0.39, 0.29) is 5.82 Å². The summed E-state index contributed by atoms with van der Waals surface area (Å²) in [4.78, 5) is 8.92. The topological polar surface area (TPSA) is 19.4 Å². The van der Waals surface area contributed by atoms with E-state index in [0.29, 0.717) is 23.2 Å². The van der Waals surface area contributed by atoms with Gasteiger partial charge in [-0.15, -0.1) is 0 Å². The smallest absolute Gasteiger partial charge is 0.129 e. The molecule has 1 aromatic heterocycles. The summed E-state index contributed by atoms with van der Waals surface area (Å²) in [6.07, 6.45) is 5.88. The number of nitrogens with zero attached hydrogens (tertiary/aromatic N) is 3. The lowest BCUT2D eigenvalue weighted by Crippen LogP contribution is -2.43. The molecule has 3 rings (SSSR count). The molecule has 1 saturated heterocycles. The van der Waals surface area contributed by atoms with Crippen LogP contribution in [0.4, 0.5) is 4.39 Å². The maximum absolute atomic E-state index is 14.2. The summed E-state index contributed by atoms with van der Waals surface area (Å²) >= 11 is 5.88. The fraction of sp³-hybridized carbons (Fsp3) is 0.421. The molecule has 0 N–H and O–H groups in total. The SMILES string of the molecule is CN1CCC(N(Cc2cccnc2)Cc2ccc(Cl)cc2F)CC1. The van der Waals surface area contributed by atoms with Crippen LogP contribution in [0.1, 0.15) is 24.0 Å². The van der Waals surface area contributed by atoms with Gasteiger partial charge in [-0.05, 0) is 56.7 Å². The molecule has 0 unspecified atom stereocenters. The van der Waals surface area contributed by atoms with Crippen LogP contribution in [-0.4, -0.2) is 41.0 Å². The summed E-state index contributed by atoms with van der Waals surface area (Å²) in [5.41, 5.74) is 1.85. The lowest BCUT2D eigenvalue weighted by atomic mass is 10.0.